The fourth-order valence-corrected chi connectivity index (χ4v) is 2.30. The number of rotatable bonds is 8. The van der Waals surface area contributed by atoms with E-state index in [1.807, 2.05) is 31.2 Å². The number of benzene rings is 1. The molecule has 1 atom stereocenters. The van der Waals surface area contributed by atoms with E-state index in [1.54, 1.807) is 0 Å². The number of aryl methyl sites for hydroxylation is 1. The Hall–Kier alpha value is -1.84. The average molecular weight is 291 g/mol. The lowest BCUT2D eigenvalue weighted by molar-refractivity contribution is -0.137. The van der Waals surface area contributed by atoms with Crippen LogP contribution in [0.3, 0.4) is 0 Å². The van der Waals surface area contributed by atoms with E-state index in [0.717, 1.165) is 12.0 Å². The Balaban J connectivity index is 2.40. The van der Waals surface area contributed by atoms with Crippen LogP contribution in [0.2, 0.25) is 0 Å². The van der Waals surface area contributed by atoms with Crippen LogP contribution in [0.1, 0.15) is 49.0 Å². The third kappa shape index (κ3) is 6.43. The molecule has 0 saturated carbocycles. The van der Waals surface area contributed by atoms with Crippen LogP contribution in [0.5, 0.6) is 0 Å². The van der Waals surface area contributed by atoms with Gasteiger partial charge in [0.1, 0.15) is 0 Å². The molecule has 0 radical (unpaired) electrons. The molecule has 1 rings (SSSR count). The lowest BCUT2D eigenvalue weighted by atomic mass is 9.88. The molecule has 0 fully saturated rings. The van der Waals surface area contributed by atoms with E-state index < -0.39 is 5.97 Å². The number of amides is 1. The second-order valence-electron chi connectivity index (χ2n) is 5.85. The highest BCUT2D eigenvalue weighted by molar-refractivity contribution is 5.94. The Morgan fingerprint density at radius 2 is 1.76 bits per heavy atom. The molecule has 116 valence electrons. The van der Waals surface area contributed by atoms with Crippen molar-refractivity contribution in [3.63, 3.8) is 0 Å². The summed E-state index contributed by atoms with van der Waals surface area (Å²) in [7, 11) is 0. The molecule has 4 nitrogen and oxygen atoms in total. The van der Waals surface area contributed by atoms with Crippen molar-refractivity contribution in [2.24, 2.45) is 11.8 Å². The molecule has 0 aliphatic carbocycles. The minimum atomic E-state index is -0.760. The second kappa shape index (κ2) is 8.45. The Morgan fingerprint density at radius 3 is 2.29 bits per heavy atom. The maximum absolute atomic E-state index is 12.0. The van der Waals surface area contributed by atoms with Gasteiger partial charge in [-0.3, -0.25) is 9.59 Å². The number of nitrogens with one attached hydrogen (secondary N) is 1. The lowest BCUT2D eigenvalue weighted by Crippen LogP contribution is -2.27. The molecule has 0 saturated heterocycles. The minimum Gasteiger partial charge on any atom is -0.481 e. The smallest absolute Gasteiger partial charge is 0.303 e. The Labute approximate surface area is 126 Å². The van der Waals surface area contributed by atoms with E-state index in [4.69, 9.17) is 5.11 Å². The summed E-state index contributed by atoms with van der Waals surface area (Å²) in [5.74, 6) is -0.0971. The van der Waals surface area contributed by atoms with E-state index in [0.29, 0.717) is 30.4 Å². The van der Waals surface area contributed by atoms with Crippen LogP contribution in [0, 0.1) is 18.8 Å². The van der Waals surface area contributed by atoms with Crippen LogP contribution in [-0.2, 0) is 4.79 Å². The maximum atomic E-state index is 12.0. The normalized spacial score (nSPS) is 12.2. The van der Waals surface area contributed by atoms with Gasteiger partial charge in [0.2, 0.25) is 0 Å². The first-order valence-electron chi connectivity index (χ1n) is 7.46. The number of carboxylic acid groups (broad SMARTS) is 1. The van der Waals surface area contributed by atoms with Crippen molar-refractivity contribution in [3.8, 4) is 0 Å². The summed E-state index contributed by atoms with van der Waals surface area (Å²) in [6.45, 7) is 6.75. The maximum Gasteiger partial charge on any atom is 0.303 e. The summed E-state index contributed by atoms with van der Waals surface area (Å²) in [4.78, 5) is 22.6. The van der Waals surface area contributed by atoms with Crippen LogP contribution in [0.25, 0.3) is 0 Å². The van der Waals surface area contributed by atoms with E-state index in [2.05, 4.69) is 19.2 Å². The highest BCUT2D eigenvalue weighted by atomic mass is 16.4. The molecule has 0 spiro atoms. The number of carbonyl (C=O) groups is 2. The van der Waals surface area contributed by atoms with Gasteiger partial charge < -0.3 is 10.4 Å². The Morgan fingerprint density at radius 1 is 1.14 bits per heavy atom. The Bertz CT molecular complexity index is 465. The molecule has 0 heterocycles. The number of carboxylic acids is 1. The predicted molar refractivity (Wildman–Crippen MR) is 83.3 cm³/mol. The van der Waals surface area contributed by atoms with Gasteiger partial charge in [0.25, 0.3) is 5.91 Å². The molecule has 1 aromatic rings. The van der Waals surface area contributed by atoms with Gasteiger partial charge >= 0.3 is 5.97 Å². The zero-order chi connectivity index (χ0) is 15.8. The molecule has 1 unspecified atom stereocenters. The van der Waals surface area contributed by atoms with Crippen LogP contribution < -0.4 is 5.32 Å². The third-order valence-electron chi connectivity index (χ3n) is 3.79. The van der Waals surface area contributed by atoms with Crippen molar-refractivity contribution in [2.75, 3.05) is 6.54 Å². The predicted octanol–water partition coefficient (Wildman–Crippen LogP) is 3.25. The van der Waals surface area contributed by atoms with Gasteiger partial charge in [0, 0.05) is 18.5 Å². The van der Waals surface area contributed by atoms with Crippen molar-refractivity contribution >= 4 is 11.9 Å². The number of hydrogen-bond acceptors (Lipinski definition) is 2. The molecular weight excluding hydrogens is 266 g/mol. The number of hydrogen-bond donors (Lipinski definition) is 2. The van der Waals surface area contributed by atoms with Crippen molar-refractivity contribution in [2.45, 2.75) is 40.0 Å². The van der Waals surface area contributed by atoms with E-state index in [9.17, 15) is 9.59 Å². The van der Waals surface area contributed by atoms with Crippen molar-refractivity contribution in [3.05, 3.63) is 35.4 Å². The minimum absolute atomic E-state index is 0.0734. The van der Waals surface area contributed by atoms with Gasteiger partial charge in [-0.05, 0) is 43.7 Å². The standard InChI is InChI=1S/C17H25NO3/c1-12(2)14(8-9-16(19)20)10-11-18-17(21)15-6-4-13(3)5-7-15/h4-7,12,14H,8-11H2,1-3H3,(H,18,21)(H,19,20). The van der Waals surface area contributed by atoms with Gasteiger partial charge in [-0.25, -0.2) is 0 Å². The fraction of sp³-hybridized carbons (Fsp3) is 0.529. The van der Waals surface area contributed by atoms with Crippen LogP contribution in [-0.4, -0.2) is 23.5 Å². The first-order valence-corrected chi connectivity index (χ1v) is 7.46. The molecule has 2 N–H and O–H groups in total. The molecule has 0 bridgehead atoms. The summed E-state index contributed by atoms with van der Waals surface area (Å²) in [6.07, 6.45) is 1.66. The summed E-state index contributed by atoms with van der Waals surface area (Å²) in [5, 5.41) is 11.7. The van der Waals surface area contributed by atoms with Crippen LogP contribution in [0.4, 0.5) is 0 Å². The quantitative estimate of drug-likeness (QED) is 0.772. The molecule has 4 heteroatoms. The SMILES string of the molecule is Cc1ccc(C(=O)NCCC(CCC(=O)O)C(C)C)cc1. The van der Waals surface area contributed by atoms with Crippen molar-refractivity contribution < 1.29 is 14.7 Å². The van der Waals surface area contributed by atoms with Crippen molar-refractivity contribution in [1.29, 1.82) is 0 Å². The molecule has 21 heavy (non-hydrogen) atoms. The van der Waals surface area contributed by atoms with E-state index in [-0.39, 0.29) is 12.3 Å². The molecule has 0 aliphatic heterocycles. The van der Waals surface area contributed by atoms with Gasteiger partial charge in [-0.1, -0.05) is 31.5 Å². The largest absolute Gasteiger partial charge is 0.481 e. The van der Waals surface area contributed by atoms with E-state index in [1.165, 1.54) is 0 Å². The summed E-state index contributed by atoms with van der Waals surface area (Å²) >= 11 is 0. The van der Waals surface area contributed by atoms with Crippen molar-refractivity contribution in [1.82, 2.24) is 5.32 Å². The zero-order valence-corrected chi connectivity index (χ0v) is 13.1. The average Bonchev–Trinajstić information content (AvgIpc) is 2.42. The first kappa shape index (κ1) is 17.2. The molecule has 1 aromatic carbocycles. The van der Waals surface area contributed by atoms with Crippen LogP contribution >= 0.6 is 0 Å². The second-order valence-corrected chi connectivity index (χ2v) is 5.85. The van der Waals surface area contributed by atoms with Gasteiger partial charge in [-0.15, -0.1) is 0 Å². The summed E-state index contributed by atoms with van der Waals surface area (Å²) in [6, 6.07) is 7.46. The topological polar surface area (TPSA) is 66.4 Å². The van der Waals surface area contributed by atoms with Gasteiger partial charge in [0.05, 0.1) is 0 Å². The highest BCUT2D eigenvalue weighted by Crippen LogP contribution is 2.20. The molecule has 0 aliphatic rings. The molecule has 1 amide bonds. The Kier molecular flexibility index (Phi) is 6.92. The zero-order valence-electron chi connectivity index (χ0n) is 13.1. The molecular formula is C17H25NO3. The number of aliphatic carboxylic acids is 1. The van der Waals surface area contributed by atoms with E-state index >= 15 is 0 Å². The monoisotopic (exact) mass is 291 g/mol. The highest BCUT2D eigenvalue weighted by Gasteiger charge is 2.15. The first-order chi connectivity index (χ1) is 9.90. The van der Waals surface area contributed by atoms with Gasteiger partial charge in [-0.2, -0.15) is 0 Å². The fourth-order valence-electron chi connectivity index (χ4n) is 2.30. The summed E-state index contributed by atoms with van der Waals surface area (Å²) in [5.41, 5.74) is 1.78. The number of carbonyl (C=O) groups excluding carboxylic acids is 1. The summed E-state index contributed by atoms with van der Waals surface area (Å²) < 4.78 is 0. The van der Waals surface area contributed by atoms with Crippen LogP contribution in [0.15, 0.2) is 24.3 Å². The lowest BCUT2D eigenvalue weighted by Gasteiger charge is -2.20. The third-order valence-corrected chi connectivity index (χ3v) is 3.79. The molecule has 0 aromatic heterocycles. The van der Waals surface area contributed by atoms with Gasteiger partial charge in [0.15, 0.2) is 0 Å².